The second-order valence-electron chi connectivity index (χ2n) is 4.96. The number of amides is 2. The van der Waals surface area contributed by atoms with E-state index in [0.29, 0.717) is 0 Å². The van der Waals surface area contributed by atoms with Gasteiger partial charge in [-0.25, -0.2) is 5.43 Å². The summed E-state index contributed by atoms with van der Waals surface area (Å²) in [6.07, 6.45) is 0.255. The largest absolute Gasteiger partial charge is 0.326 e. The van der Waals surface area contributed by atoms with E-state index in [9.17, 15) is 9.59 Å². The maximum Gasteiger partial charge on any atom is 0.240 e. The quantitative estimate of drug-likeness (QED) is 0.640. The molecule has 0 fully saturated rings. The number of benzene rings is 1. The lowest BCUT2D eigenvalue weighted by Crippen LogP contribution is -2.21. The maximum atomic E-state index is 11.8. The van der Waals surface area contributed by atoms with Gasteiger partial charge in [0.25, 0.3) is 0 Å². The van der Waals surface area contributed by atoms with Crippen molar-refractivity contribution in [2.45, 2.75) is 40.5 Å². The molecular formula is C15H21N3O2. The summed E-state index contributed by atoms with van der Waals surface area (Å²) < 4.78 is 0. The number of nitrogens with zero attached hydrogens (tertiary/aromatic N) is 1. The Morgan fingerprint density at radius 1 is 1.10 bits per heavy atom. The van der Waals surface area contributed by atoms with Crippen LogP contribution in [-0.4, -0.2) is 17.5 Å². The van der Waals surface area contributed by atoms with Crippen LogP contribution in [0.5, 0.6) is 0 Å². The van der Waals surface area contributed by atoms with Gasteiger partial charge in [0.2, 0.25) is 11.8 Å². The SMILES string of the molecule is CC(C)=NNC(=O)CCC(=O)Nc1ccc(C)cc1C. The molecule has 0 aliphatic heterocycles. The normalized spacial score (nSPS) is 9.80. The van der Waals surface area contributed by atoms with E-state index in [1.807, 2.05) is 32.0 Å². The molecule has 20 heavy (non-hydrogen) atoms. The Bertz CT molecular complexity index is 532. The van der Waals surface area contributed by atoms with E-state index in [4.69, 9.17) is 0 Å². The molecule has 0 spiro atoms. The second kappa shape index (κ2) is 7.43. The molecule has 1 aromatic rings. The Balaban J connectivity index is 2.44. The summed E-state index contributed by atoms with van der Waals surface area (Å²) in [7, 11) is 0. The number of anilines is 1. The first-order valence-electron chi connectivity index (χ1n) is 6.55. The van der Waals surface area contributed by atoms with Crippen molar-refractivity contribution in [2.75, 3.05) is 5.32 Å². The van der Waals surface area contributed by atoms with Crippen LogP contribution in [0.25, 0.3) is 0 Å². The molecule has 5 nitrogen and oxygen atoms in total. The van der Waals surface area contributed by atoms with Gasteiger partial charge in [-0.2, -0.15) is 5.10 Å². The lowest BCUT2D eigenvalue weighted by atomic mass is 10.1. The molecule has 2 amide bonds. The summed E-state index contributed by atoms with van der Waals surface area (Å²) >= 11 is 0. The van der Waals surface area contributed by atoms with Gasteiger partial charge in [-0.3, -0.25) is 9.59 Å². The molecule has 0 saturated heterocycles. The van der Waals surface area contributed by atoms with Crippen LogP contribution in [0.3, 0.4) is 0 Å². The van der Waals surface area contributed by atoms with Gasteiger partial charge in [0.15, 0.2) is 0 Å². The van der Waals surface area contributed by atoms with Crippen LogP contribution in [-0.2, 0) is 9.59 Å². The van der Waals surface area contributed by atoms with E-state index in [-0.39, 0.29) is 24.7 Å². The Kier molecular flexibility index (Phi) is 5.90. The maximum absolute atomic E-state index is 11.8. The summed E-state index contributed by atoms with van der Waals surface area (Å²) in [4.78, 5) is 23.2. The third-order valence-electron chi connectivity index (χ3n) is 2.64. The van der Waals surface area contributed by atoms with Gasteiger partial charge < -0.3 is 5.32 Å². The van der Waals surface area contributed by atoms with Crippen molar-refractivity contribution in [1.82, 2.24) is 5.43 Å². The van der Waals surface area contributed by atoms with Gasteiger partial charge in [0.1, 0.15) is 0 Å². The highest BCUT2D eigenvalue weighted by molar-refractivity contribution is 5.94. The van der Waals surface area contributed by atoms with Crippen LogP contribution in [0.2, 0.25) is 0 Å². The number of carbonyl (C=O) groups excluding carboxylic acids is 2. The van der Waals surface area contributed by atoms with E-state index >= 15 is 0 Å². The van der Waals surface area contributed by atoms with Crippen molar-refractivity contribution >= 4 is 23.2 Å². The van der Waals surface area contributed by atoms with Crippen molar-refractivity contribution in [2.24, 2.45) is 5.10 Å². The number of rotatable bonds is 5. The Morgan fingerprint density at radius 3 is 2.35 bits per heavy atom. The van der Waals surface area contributed by atoms with Crippen LogP contribution in [0, 0.1) is 13.8 Å². The van der Waals surface area contributed by atoms with Gasteiger partial charge in [0.05, 0.1) is 0 Å². The monoisotopic (exact) mass is 275 g/mol. The number of hydrazone groups is 1. The van der Waals surface area contributed by atoms with Crippen molar-refractivity contribution in [3.05, 3.63) is 29.3 Å². The van der Waals surface area contributed by atoms with Gasteiger partial charge in [-0.15, -0.1) is 0 Å². The summed E-state index contributed by atoms with van der Waals surface area (Å²) in [5, 5.41) is 6.60. The average molecular weight is 275 g/mol. The fourth-order valence-electron chi connectivity index (χ4n) is 1.62. The lowest BCUT2D eigenvalue weighted by Gasteiger charge is -2.08. The second-order valence-corrected chi connectivity index (χ2v) is 4.96. The zero-order chi connectivity index (χ0) is 15.1. The summed E-state index contributed by atoms with van der Waals surface area (Å²) in [6, 6.07) is 5.81. The van der Waals surface area contributed by atoms with Crippen molar-refractivity contribution < 1.29 is 9.59 Å². The number of hydrogen-bond acceptors (Lipinski definition) is 3. The van der Waals surface area contributed by atoms with Crippen molar-refractivity contribution in [3.63, 3.8) is 0 Å². The van der Waals surface area contributed by atoms with Crippen LogP contribution in [0.1, 0.15) is 37.8 Å². The fourth-order valence-corrected chi connectivity index (χ4v) is 1.62. The lowest BCUT2D eigenvalue weighted by molar-refractivity contribution is -0.124. The zero-order valence-corrected chi connectivity index (χ0v) is 12.4. The van der Waals surface area contributed by atoms with E-state index in [1.54, 1.807) is 13.8 Å². The number of hydrogen-bond donors (Lipinski definition) is 2. The van der Waals surface area contributed by atoms with Gasteiger partial charge in [-0.05, 0) is 39.3 Å². The van der Waals surface area contributed by atoms with Crippen LogP contribution >= 0.6 is 0 Å². The first-order valence-corrected chi connectivity index (χ1v) is 6.55. The molecule has 0 unspecified atom stereocenters. The molecule has 1 aromatic carbocycles. The van der Waals surface area contributed by atoms with Gasteiger partial charge in [0, 0.05) is 24.2 Å². The van der Waals surface area contributed by atoms with Crippen LogP contribution < -0.4 is 10.7 Å². The topological polar surface area (TPSA) is 70.6 Å². The molecule has 0 radical (unpaired) electrons. The first-order chi connectivity index (χ1) is 9.38. The van der Waals surface area contributed by atoms with Crippen LogP contribution in [0.15, 0.2) is 23.3 Å². The van der Waals surface area contributed by atoms with E-state index in [0.717, 1.165) is 22.5 Å². The minimum absolute atomic E-state index is 0.119. The molecule has 0 bridgehead atoms. The van der Waals surface area contributed by atoms with Crippen molar-refractivity contribution in [3.8, 4) is 0 Å². The highest BCUT2D eigenvalue weighted by atomic mass is 16.2. The fraction of sp³-hybridized carbons (Fsp3) is 0.400. The van der Waals surface area contributed by atoms with Gasteiger partial charge >= 0.3 is 0 Å². The smallest absolute Gasteiger partial charge is 0.240 e. The molecule has 0 aliphatic carbocycles. The Morgan fingerprint density at radius 2 is 1.75 bits per heavy atom. The Labute approximate surface area is 119 Å². The van der Waals surface area contributed by atoms with E-state index in [1.165, 1.54) is 0 Å². The third kappa shape index (κ3) is 5.65. The molecular weight excluding hydrogens is 254 g/mol. The van der Waals surface area contributed by atoms with Crippen molar-refractivity contribution in [1.29, 1.82) is 0 Å². The van der Waals surface area contributed by atoms with Crippen LogP contribution in [0.4, 0.5) is 5.69 Å². The van der Waals surface area contributed by atoms with Gasteiger partial charge in [-0.1, -0.05) is 17.7 Å². The highest BCUT2D eigenvalue weighted by Crippen LogP contribution is 2.16. The molecule has 2 N–H and O–H groups in total. The average Bonchev–Trinajstić information content (AvgIpc) is 2.37. The summed E-state index contributed by atoms with van der Waals surface area (Å²) in [5.41, 5.74) is 6.09. The molecule has 1 rings (SSSR count). The summed E-state index contributed by atoms with van der Waals surface area (Å²) in [5.74, 6) is -0.439. The number of carbonyl (C=O) groups is 2. The molecule has 0 heterocycles. The standard InChI is InChI=1S/C15H21N3O2/c1-10(2)17-18-15(20)8-7-14(19)16-13-6-5-11(3)9-12(13)4/h5-6,9H,7-8H2,1-4H3,(H,16,19)(H,18,20). The highest BCUT2D eigenvalue weighted by Gasteiger charge is 2.08. The van der Waals surface area contributed by atoms with E-state index < -0.39 is 0 Å². The zero-order valence-electron chi connectivity index (χ0n) is 12.4. The number of nitrogens with one attached hydrogen (secondary N) is 2. The summed E-state index contributed by atoms with van der Waals surface area (Å²) in [6.45, 7) is 7.51. The first kappa shape index (κ1) is 15.9. The molecule has 108 valence electrons. The van der Waals surface area contributed by atoms with E-state index in [2.05, 4.69) is 15.8 Å². The third-order valence-corrected chi connectivity index (χ3v) is 2.64. The Hall–Kier alpha value is -2.17. The minimum Gasteiger partial charge on any atom is -0.326 e. The predicted octanol–water partition coefficient (Wildman–Crippen LogP) is 2.53. The molecule has 0 atom stereocenters. The molecule has 0 aromatic heterocycles. The molecule has 0 saturated carbocycles. The minimum atomic E-state index is -0.262. The molecule has 0 aliphatic rings. The molecule has 5 heteroatoms. The number of aryl methyl sites for hydroxylation is 2. The predicted molar refractivity (Wildman–Crippen MR) is 80.7 cm³/mol.